The van der Waals surface area contributed by atoms with E-state index in [1.165, 1.54) is 0 Å². The van der Waals surface area contributed by atoms with E-state index in [4.69, 9.17) is 0 Å². The average molecular weight is 278 g/mol. The molecular weight excluding hydrogens is 264 g/mol. The molecule has 0 bridgehead atoms. The van der Waals surface area contributed by atoms with E-state index in [0.717, 1.165) is 16.7 Å². The summed E-state index contributed by atoms with van der Waals surface area (Å²) in [6.07, 6.45) is 0. The van der Waals surface area contributed by atoms with Gasteiger partial charge in [-0.1, -0.05) is 42.5 Å². The van der Waals surface area contributed by atoms with Crippen LogP contribution in [0.1, 0.15) is 22.8 Å². The molecule has 0 amide bonds. The normalized spacial score (nSPS) is 10.7. The maximum atomic E-state index is 11.2. The van der Waals surface area contributed by atoms with Crippen LogP contribution in [0, 0.1) is 0 Å². The summed E-state index contributed by atoms with van der Waals surface area (Å²) in [5.74, 6) is -0.316. The van der Waals surface area contributed by atoms with Crippen LogP contribution in [0.4, 0.5) is 0 Å². The summed E-state index contributed by atoms with van der Waals surface area (Å²) in [5.41, 5.74) is 4.37. The summed E-state index contributed by atoms with van der Waals surface area (Å²) in [6.45, 7) is 5.86. The Balaban J connectivity index is 2.11. The summed E-state index contributed by atoms with van der Waals surface area (Å²) in [4.78, 5) is 18.8. The Hall–Kier alpha value is -2.88. The Morgan fingerprint density at radius 1 is 1.19 bits per heavy atom. The van der Waals surface area contributed by atoms with Gasteiger partial charge in [-0.05, 0) is 24.6 Å². The van der Waals surface area contributed by atoms with Gasteiger partial charge in [0.1, 0.15) is 11.3 Å². The van der Waals surface area contributed by atoms with E-state index < -0.39 is 5.97 Å². The molecule has 4 heteroatoms. The van der Waals surface area contributed by atoms with E-state index >= 15 is 0 Å². The number of hydrogen-bond acceptors (Lipinski definition) is 2. The van der Waals surface area contributed by atoms with Crippen LogP contribution < -0.4 is 0 Å². The number of imidazole rings is 1. The van der Waals surface area contributed by atoms with Crippen molar-refractivity contribution in [3.05, 3.63) is 60.2 Å². The highest BCUT2D eigenvalue weighted by molar-refractivity contribution is 6.01. The van der Waals surface area contributed by atoms with Crippen LogP contribution >= 0.6 is 0 Å². The third-order valence-corrected chi connectivity index (χ3v) is 3.39. The smallest absolute Gasteiger partial charge is 0.337 e. The first-order chi connectivity index (χ1) is 10.1. The molecule has 104 valence electrons. The second kappa shape index (κ2) is 4.90. The van der Waals surface area contributed by atoms with Gasteiger partial charge in [0.2, 0.25) is 0 Å². The molecule has 0 fully saturated rings. The van der Waals surface area contributed by atoms with Gasteiger partial charge in [-0.3, -0.25) is 0 Å². The first kappa shape index (κ1) is 13.1. The molecule has 0 aliphatic rings. The molecule has 2 N–H and O–H groups in total. The van der Waals surface area contributed by atoms with Crippen LogP contribution in [0.3, 0.4) is 0 Å². The number of allylic oxidation sites excluding steroid dienone is 1. The Morgan fingerprint density at radius 2 is 1.90 bits per heavy atom. The topological polar surface area (TPSA) is 66.0 Å². The molecule has 0 saturated carbocycles. The second-order valence-corrected chi connectivity index (χ2v) is 4.95. The van der Waals surface area contributed by atoms with Crippen LogP contribution in [0.2, 0.25) is 0 Å². The largest absolute Gasteiger partial charge is 0.478 e. The highest BCUT2D eigenvalue weighted by Crippen LogP contribution is 2.24. The summed E-state index contributed by atoms with van der Waals surface area (Å²) in [5, 5.41) is 9.20. The average Bonchev–Trinajstić information content (AvgIpc) is 2.90. The van der Waals surface area contributed by atoms with Crippen molar-refractivity contribution in [2.24, 2.45) is 0 Å². The molecule has 0 aliphatic carbocycles. The number of para-hydroxylation sites is 1. The van der Waals surface area contributed by atoms with Crippen LogP contribution in [0.15, 0.2) is 49.0 Å². The predicted molar refractivity (Wildman–Crippen MR) is 83.2 cm³/mol. The minimum atomic E-state index is -0.976. The Bertz CT molecular complexity index is 845. The minimum absolute atomic E-state index is 0.202. The monoisotopic (exact) mass is 278 g/mol. The Kier molecular flexibility index (Phi) is 3.06. The number of aromatic carboxylic acids is 1. The molecule has 0 unspecified atom stereocenters. The molecule has 21 heavy (non-hydrogen) atoms. The SMILES string of the molecule is C=C(C)c1ccc(-c2nc3c(C(=O)O)cccc3[nH]2)cc1. The minimum Gasteiger partial charge on any atom is -0.478 e. The van der Waals surface area contributed by atoms with E-state index in [9.17, 15) is 9.90 Å². The number of benzene rings is 2. The number of H-pyrrole nitrogens is 1. The van der Waals surface area contributed by atoms with Crippen molar-refractivity contribution in [2.75, 3.05) is 0 Å². The number of nitrogens with one attached hydrogen (secondary N) is 1. The van der Waals surface area contributed by atoms with Gasteiger partial charge in [-0.25, -0.2) is 9.78 Å². The molecule has 1 aromatic heterocycles. The Labute approximate surface area is 121 Å². The second-order valence-electron chi connectivity index (χ2n) is 4.95. The van der Waals surface area contributed by atoms with Crippen LogP contribution in [0.5, 0.6) is 0 Å². The molecule has 0 aliphatic heterocycles. The number of carboxylic acids is 1. The highest BCUT2D eigenvalue weighted by Gasteiger charge is 2.13. The van der Waals surface area contributed by atoms with E-state index in [-0.39, 0.29) is 5.56 Å². The lowest BCUT2D eigenvalue weighted by atomic mass is 10.1. The van der Waals surface area contributed by atoms with Crippen LogP contribution in [0.25, 0.3) is 28.0 Å². The number of aromatic amines is 1. The summed E-state index contributed by atoms with van der Waals surface area (Å²) in [7, 11) is 0. The molecule has 0 atom stereocenters. The van der Waals surface area contributed by atoms with Gasteiger partial charge < -0.3 is 10.1 Å². The summed E-state index contributed by atoms with van der Waals surface area (Å²) in [6, 6.07) is 12.9. The molecule has 0 radical (unpaired) electrons. The first-order valence-corrected chi connectivity index (χ1v) is 6.54. The number of rotatable bonds is 3. The van der Waals surface area contributed by atoms with Gasteiger partial charge in [0.25, 0.3) is 0 Å². The molecular formula is C17H14N2O2. The third-order valence-electron chi connectivity index (χ3n) is 3.39. The highest BCUT2D eigenvalue weighted by atomic mass is 16.4. The molecule has 0 spiro atoms. The molecule has 3 rings (SSSR count). The zero-order valence-corrected chi connectivity index (χ0v) is 11.6. The molecule has 3 aromatic rings. The van der Waals surface area contributed by atoms with Gasteiger partial charge in [-0.15, -0.1) is 0 Å². The molecule has 1 heterocycles. The van der Waals surface area contributed by atoms with Crippen molar-refractivity contribution in [2.45, 2.75) is 6.92 Å². The third kappa shape index (κ3) is 2.31. The van der Waals surface area contributed by atoms with Gasteiger partial charge in [0.15, 0.2) is 0 Å². The number of aromatic nitrogens is 2. The van der Waals surface area contributed by atoms with Gasteiger partial charge in [0.05, 0.1) is 11.1 Å². The standard InChI is InChI=1S/C17H14N2O2/c1-10(2)11-6-8-12(9-7-11)16-18-14-5-3-4-13(17(20)21)15(14)19-16/h3-9H,1H2,2H3,(H,18,19)(H,20,21). The zero-order valence-electron chi connectivity index (χ0n) is 11.6. The molecule has 2 aromatic carbocycles. The van der Waals surface area contributed by atoms with E-state index in [2.05, 4.69) is 16.5 Å². The summed E-state index contributed by atoms with van der Waals surface area (Å²) < 4.78 is 0. The lowest BCUT2D eigenvalue weighted by molar-refractivity contribution is 0.0699. The molecule has 4 nitrogen and oxygen atoms in total. The van der Waals surface area contributed by atoms with E-state index in [1.54, 1.807) is 12.1 Å². The number of carbonyl (C=O) groups is 1. The van der Waals surface area contributed by atoms with Crippen molar-refractivity contribution in [3.8, 4) is 11.4 Å². The van der Waals surface area contributed by atoms with Gasteiger partial charge in [-0.2, -0.15) is 0 Å². The van der Waals surface area contributed by atoms with Gasteiger partial charge in [0, 0.05) is 5.56 Å². The van der Waals surface area contributed by atoms with Crippen molar-refractivity contribution in [3.63, 3.8) is 0 Å². The van der Waals surface area contributed by atoms with Crippen molar-refractivity contribution < 1.29 is 9.90 Å². The fourth-order valence-electron chi connectivity index (χ4n) is 2.25. The Morgan fingerprint density at radius 3 is 2.52 bits per heavy atom. The number of fused-ring (bicyclic) bond motifs is 1. The lowest BCUT2D eigenvalue weighted by Gasteiger charge is -2.01. The van der Waals surface area contributed by atoms with Crippen LogP contribution in [-0.4, -0.2) is 21.0 Å². The van der Waals surface area contributed by atoms with Crippen molar-refractivity contribution in [1.82, 2.24) is 9.97 Å². The molecule has 0 saturated heterocycles. The maximum Gasteiger partial charge on any atom is 0.337 e. The van der Waals surface area contributed by atoms with Gasteiger partial charge >= 0.3 is 5.97 Å². The van der Waals surface area contributed by atoms with E-state index in [1.807, 2.05) is 37.3 Å². The van der Waals surface area contributed by atoms with Crippen molar-refractivity contribution >= 4 is 22.6 Å². The number of carboxylic acid groups (broad SMARTS) is 1. The zero-order chi connectivity index (χ0) is 15.0. The quantitative estimate of drug-likeness (QED) is 0.762. The number of nitrogens with zero attached hydrogens (tertiary/aromatic N) is 1. The van der Waals surface area contributed by atoms with E-state index in [0.29, 0.717) is 16.9 Å². The number of hydrogen-bond donors (Lipinski definition) is 2. The van der Waals surface area contributed by atoms with Crippen LogP contribution in [-0.2, 0) is 0 Å². The maximum absolute atomic E-state index is 11.2. The lowest BCUT2D eigenvalue weighted by Crippen LogP contribution is -1.96. The van der Waals surface area contributed by atoms with Crippen molar-refractivity contribution in [1.29, 1.82) is 0 Å². The predicted octanol–water partition coefficient (Wildman–Crippen LogP) is 3.96. The fraction of sp³-hybridized carbons (Fsp3) is 0.0588. The first-order valence-electron chi connectivity index (χ1n) is 6.54. The fourth-order valence-corrected chi connectivity index (χ4v) is 2.25. The summed E-state index contributed by atoms with van der Waals surface area (Å²) >= 11 is 0.